The third kappa shape index (κ3) is 2.93. The maximum Gasteiger partial charge on any atom is 0.337 e. The van der Waals surface area contributed by atoms with Crippen LogP contribution in [0, 0.1) is 11.6 Å². The predicted molar refractivity (Wildman–Crippen MR) is 46.2 cm³/mol. The first-order chi connectivity index (χ1) is 6.00. The molecule has 0 saturated carbocycles. The van der Waals surface area contributed by atoms with Gasteiger partial charge in [0.1, 0.15) is 11.6 Å². The molecule has 78 valence electrons. The van der Waals surface area contributed by atoms with Crippen LogP contribution < -0.4 is 0 Å². The summed E-state index contributed by atoms with van der Waals surface area (Å²) in [5, 5.41) is 17.2. The molecule has 1 atom stereocenters. The SMILES string of the molecule is Cl.O=C(O)[C@@H](O)c1cc(F)cc(F)c1. The summed E-state index contributed by atoms with van der Waals surface area (Å²) in [6.45, 7) is 0. The molecule has 1 aromatic rings. The maximum absolute atomic E-state index is 12.5. The molecule has 1 rings (SSSR count). The van der Waals surface area contributed by atoms with E-state index in [-0.39, 0.29) is 18.0 Å². The van der Waals surface area contributed by atoms with Crippen LogP contribution >= 0.6 is 12.4 Å². The number of benzene rings is 1. The van der Waals surface area contributed by atoms with E-state index in [1.807, 2.05) is 0 Å². The summed E-state index contributed by atoms with van der Waals surface area (Å²) in [6, 6.07) is 2.13. The quantitative estimate of drug-likeness (QED) is 0.801. The first-order valence-electron chi connectivity index (χ1n) is 3.37. The van der Waals surface area contributed by atoms with E-state index in [1.165, 1.54) is 0 Å². The summed E-state index contributed by atoms with van der Waals surface area (Å²) in [5.74, 6) is -3.39. The highest BCUT2D eigenvalue weighted by molar-refractivity contribution is 5.85. The minimum Gasteiger partial charge on any atom is -0.479 e. The third-order valence-electron chi connectivity index (χ3n) is 1.43. The van der Waals surface area contributed by atoms with Crippen molar-refractivity contribution in [2.45, 2.75) is 6.10 Å². The number of aliphatic hydroxyl groups excluding tert-OH is 1. The third-order valence-corrected chi connectivity index (χ3v) is 1.43. The predicted octanol–water partition coefficient (Wildman–Crippen LogP) is 1.50. The van der Waals surface area contributed by atoms with E-state index < -0.39 is 23.7 Å². The molecule has 2 N–H and O–H groups in total. The van der Waals surface area contributed by atoms with Gasteiger partial charge in [-0.25, -0.2) is 13.6 Å². The van der Waals surface area contributed by atoms with Crippen molar-refractivity contribution in [3.05, 3.63) is 35.4 Å². The van der Waals surface area contributed by atoms with E-state index in [0.717, 1.165) is 12.1 Å². The van der Waals surface area contributed by atoms with Gasteiger partial charge in [-0.2, -0.15) is 0 Å². The lowest BCUT2D eigenvalue weighted by atomic mass is 10.1. The summed E-state index contributed by atoms with van der Waals surface area (Å²) in [7, 11) is 0. The molecule has 0 heterocycles. The number of carbonyl (C=O) groups is 1. The van der Waals surface area contributed by atoms with Crippen molar-refractivity contribution >= 4 is 18.4 Å². The maximum atomic E-state index is 12.5. The number of halogens is 3. The summed E-state index contributed by atoms with van der Waals surface area (Å²) >= 11 is 0. The Hall–Kier alpha value is -1.20. The first kappa shape index (κ1) is 12.8. The van der Waals surface area contributed by atoms with Crippen LogP contribution in [0.4, 0.5) is 8.78 Å². The number of hydrogen-bond acceptors (Lipinski definition) is 2. The van der Waals surface area contributed by atoms with Crippen molar-refractivity contribution in [1.82, 2.24) is 0 Å². The molecule has 0 fully saturated rings. The van der Waals surface area contributed by atoms with Crippen LogP contribution in [0.1, 0.15) is 11.7 Å². The van der Waals surface area contributed by atoms with Crippen molar-refractivity contribution in [3.8, 4) is 0 Å². The smallest absolute Gasteiger partial charge is 0.337 e. The van der Waals surface area contributed by atoms with E-state index in [4.69, 9.17) is 10.2 Å². The molecule has 1 aromatic carbocycles. The van der Waals surface area contributed by atoms with E-state index in [9.17, 15) is 13.6 Å². The normalized spacial score (nSPS) is 11.6. The molecule has 0 aromatic heterocycles. The van der Waals surface area contributed by atoms with Crippen LogP contribution in [0.3, 0.4) is 0 Å². The van der Waals surface area contributed by atoms with Gasteiger partial charge in [0.15, 0.2) is 6.10 Å². The van der Waals surface area contributed by atoms with Gasteiger partial charge in [-0.05, 0) is 17.7 Å². The van der Waals surface area contributed by atoms with Crippen molar-refractivity contribution in [2.75, 3.05) is 0 Å². The van der Waals surface area contributed by atoms with Gasteiger partial charge < -0.3 is 10.2 Å². The highest BCUT2D eigenvalue weighted by Gasteiger charge is 2.17. The van der Waals surface area contributed by atoms with Crippen LogP contribution in [0.2, 0.25) is 0 Å². The molecule has 0 aliphatic rings. The Morgan fingerprint density at radius 2 is 1.64 bits per heavy atom. The van der Waals surface area contributed by atoms with E-state index in [2.05, 4.69) is 0 Å². The van der Waals surface area contributed by atoms with Crippen LogP contribution in [-0.4, -0.2) is 16.2 Å². The molecule has 0 aliphatic heterocycles. The Balaban J connectivity index is 0.00000169. The fourth-order valence-electron chi connectivity index (χ4n) is 0.876. The van der Waals surface area contributed by atoms with Crippen molar-refractivity contribution < 1.29 is 23.8 Å². The second-order valence-electron chi connectivity index (χ2n) is 2.44. The Morgan fingerprint density at radius 1 is 1.21 bits per heavy atom. The molecule has 0 spiro atoms. The molecule has 0 radical (unpaired) electrons. The van der Waals surface area contributed by atoms with Gasteiger partial charge in [0.2, 0.25) is 0 Å². The molecular weight excluding hydrogens is 218 g/mol. The van der Waals surface area contributed by atoms with Gasteiger partial charge in [0.25, 0.3) is 0 Å². The number of rotatable bonds is 2. The topological polar surface area (TPSA) is 57.5 Å². The first-order valence-corrected chi connectivity index (χ1v) is 3.37. The Morgan fingerprint density at radius 3 is 2.00 bits per heavy atom. The minimum atomic E-state index is -1.90. The lowest BCUT2D eigenvalue weighted by molar-refractivity contribution is -0.146. The summed E-state index contributed by atoms with van der Waals surface area (Å²) in [6.07, 6.45) is -1.90. The van der Waals surface area contributed by atoms with Crippen molar-refractivity contribution in [3.63, 3.8) is 0 Å². The van der Waals surface area contributed by atoms with Crippen LogP contribution in [-0.2, 0) is 4.79 Å². The molecule has 0 unspecified atom stereocenters. The largest absolute Gasteiger partial charge is 0.479 e. The summed E-state index contributed by atoms with van der Waals surface area (Å²) in [4.78, 5) is 10.2. The van der Waals surface area contributed by atoms with Crippen LogP contribution in [0.25, 0.3) is 0 Å². The summed E-state index contributed by atoms with van der Waals surface area (Å²) in [5.41, 5.74) is -0.315. The second-order valence-corrected chi connectivity index (χ2v) is 2.44. The fourth-order valence-corrected chi connectivity index (χ4v) is 0.876. The van der Waals surface area contributed by atoms with Crippen LogP contribution in [0.5, 0.6) is 0 Å². The van der Waals surface area contributed by atoms with Gasteiger partial charge in [-0.3, -0.25) is 0 Å². The lowest BCUT2D eigenvalue weighted by Crippen LogP contribution is -2.10. The number of aliphatic carboxylic acids is 1. The average Bonchev–Trinajstić information content (AvgIpc) is 2.01. The molecule has 0 aliphatic carbocycles. The van der Waals surface area contributed by atoms with Crippen molar-refractivity contribution in [2.24, 2.45) is 0 Å². The Kier molecular flexibility index (Phi) is 4.46. The number of aliphatic hydroxyl groups is 1. The van der Waals surface area contributed by atoms with Gasteiger partial charge in [0.05, 0.1) is 0 Å². The molecule has 0 saturated heterocycles. The molecule has 0 bridgehead atoms. The number of carboxylic acid groups (broad SMARTS) is 1. The monoisotopic (exact) mass is 224 g/mol. The van der Waals surface area contributed by atoms with E-state index in [1.54, 1.807) is 0 Å². The minimum absolute atomic E-state index is 0. The Bertz CT molecular complexity index is 323. The van der Waals surface area contributed by atoms with Gasteiger partial charge in [0, 0.05) is 6.07 Å². The average molecular weight is 225 g/mol. The molecule has 14 heavy (non-hydrogen) atoms. The molecular formula is C8H7ClF2O3. The van der Waals surface area contributed by atoms with Gasteiger partial charge >= 0.3 is 5.97 Å². The summed E-state index contributed by atoms with van der Waals surface area (Å²) < 4.78 is 25.0. The van der Waals surface area contributed by atoms with Crippen LogP contribution in [0.15, 0.2) is 18.2 Å². The highest BCUT2D eigenvalue weighted by atomic mass is 35.5. The molecule has 6 heteroatoms. The number of hydrogen-bond donors (Lipinski definition) is 2. The number of carboxylic acids is 1. The Labute approximate surface area is 84.4 Å². The lowest BCUT2D eigenvalue weighted by Gasteiger charge is -2.05. The second kappa shape index (κ2) is 4.88. The molecule has 3 nitrogen and oxygen atoms in total. The fraction of sp³-hybridized carbons (Fsp3) is 0.125. The van der Waals surface area contributed by atoms with E-state index >= 15 is 0 Å². The van der Waals surface area contributed by atoms with Gasteiger partial charge in [-0.15, -0.1) is 12.4 Å². The molecule has 0 amide bonds. The van der Waals surface area contributed by atoms with Gasteiger partial charge in [-0.1, -0.05) is 0 Å². The zero-order valence-electron chi connectivity index (χ0n) is 6.78. The zero-order valence-corrected chi connectivity index (χ0v) is 7.59. The zero-order chi connectivity index (χ0) is 10.0. The van der Waals surface area contributed by atoms with E-state index in [0.29, 0.717) is 6.07 Å². The standard InChI is InChI=1S/C8H6F2O3.ClH/c9-5-1-4(2-6(10)3-5)7(11)8(12)13;/h1-3,7,11H,(H,12,13);1H/t7-;/m0./s1. The van der Waals surface area contributed by atoms with Crippen molar-refractivity contribution in [1.29, 1.82) is 0 Å². The highest BCUT2D eigenvalue weighted by Crippen LogP contribution is 2.15.